The third kappa shape index (κ3) is 4.48. The summed E-state index contributed by atoms with van der Waals surface area (Å²) in [6.07, 6.45) is 11.1. The number of benzene rings is 2. The molecule has 0 bridgehead atoms. The second-order valence-electron chi connectivity index (χ2n) is 8.13. The summed E-state index contributed by atoms with van der Waals surface area (Å²) in [5.74, 6) is -0.118. The van der Waals surface area contributed by atoms with Gasteiger partial charge in [0.05, 0.1) is 0 Å². The van der Waals surface area contributed by atoms with Crippen LogP contribution in [0.4, 0.5) is 4.39 Å². The highest BCUT2D eigenvalue weighted by Gasteiger charge is 2.33. The van der Waals surface area contributed by atoms with E-state index < -0.39 is 0 Å². The zero-order valence-corrected chi connectivity index (χ0v) is 16.7. The third-order valence-corrected chi connectivity index (χ3v) is 6.25. The molecule has 2 aromatic carbocycles. The Morgan fingerprint density at radius 2 is 1.70 bits per heavy atom. The SMILES string of the molecule is CCCCCC1(c2ccc(-c3ccc(C(C)=O)cc3)c(F)c2)CCCCC1. The number of carbonyl (C=O) groups is 1. The van der Waals surface area contributed by atoms with Crippen LogP contribution in [0, 0.1) is 5.82 Å². The topological polar surface area (TPSA) is 17.1 Å². The molecule has 2 aromatic rings. The van der Waals surface area contributed by atoms with E-state index in [4.69, 9.17) is 0 Å². The fourth-order valence-electron chi connectivity index (χ4n) is 4.59. The highest BCUT2D eigenvalue weighted by Crippen LogP contribution is 2.44. The summed E-state index contributed by atoms with van der Waals surface area (Å²) in [6, 6.07) is 13.1. The molecule has 0 aliphatic heterocycles. The molecule has 2 heteroatoms. The van der Waals surface area contributed by atoms with Gasteiger partial charge in [0.15, 0.2) is 5.78 Å². The molecule has 1 aliphatic carbocycles. The van der Waals surface area contributed by atoms with Crippen molar-refractivity contribution in [1.29, 1.82) is 0 Å². The maximum atomic E-state index is 15.0. The van der Waals surface area contributed by atoms with E-state index >= 15 is 4.39 Å². The Morgan fingerprint density at radius 3 is 2.30 bits per heavy atom. The maximum Gasteiger partial charge on any atom is 0.159 e. The van der Waals surface area contributed by atoms with Crippen molar-refractivity contribution in [2.24, 2.45) is 0 Å². The first-order valence-corrected chi connectivity index (χ1v) is 10.5. The molecule has 0 saturated heterocycles. The first kappa shape index (κ1) is 19.8. The van der Waals surface area contributed by atoms with Crippen molar-refractivity contribution in [2.75, 3.05) is 0 Å². The van der Waals surface area contributed by atoms with E-state index in [2.05, 4.69) is 13.0 Å². The molecular formula is C25H31FO. The van der Waals surface area contributed by atoms with Crippen LogP contribution in [0.5, 0.6) is 0 Å². The van der Waals surface area contributed by atoms with Gasteiger partial charge in [0.2, 0.25) is 0 Å². The Balaban J connectivity index is 1.88. The minimum absolute atomic E-state index is 0.0312. The van der Waals surface area contributed by atoms with Gasteiger partial charge in [0.25, 0.3) is 0 Å². The van der Waals surface area contributed by atoms with E-state index in [0.29, 0.717) is 11.1 Å². The Kier molecular flexibility index (Phi) is 6.46. The van der Waals surface area contributed by atoms with Gasteiger partial charge in [0, 0.05) is 11.1 Å². The predicted octanol–water partition coefficient (Wildman–Crippen LogP) is 7.48. The van der Waals surface area contributed by atoms with Crippen LogP contribution in [-0.4, -0.2) is 5.78 Å². The van der Waals surface area contributed by atoms with Crippen molar-refractivity contribution in [1.82, 2.24) is 0 Å². The minimum atomic E-state index is -0.150. The average molecular weight is 367 g/mol. The Morgan fingerprint density at radius 1 is 1.00 bits per heavy atom. The van der Waals surface area contributed by atoms with Crippen LogP contribution in [0.3, 0.4) is 0 Å². The summed E-state index contributed by atoms with van der Waals surface area (Å²) in [4.78, 5) is 11.4. The van der Waals surface area contributed by atoms with Gasteiger partial charge in [-0.15, -0.1) is 0 Å². The molecule has 144 valence electrons. The van der Waals surface area contributed by atoms with Crippen LogP contribution in [0.2, 0.25) is 0 Å². The van der Waals surface area contributed by atoms with Gasteiger partial charge in [-0.25, -0.2) is 4.39 Å². The molecule has 0 unspecified atom stereocenters. The van der Waals surface area contributed by atoms with Crippen LogP contribution in [0.15, 0.2) is 42.5 Å². The van der Waals surface area contributed by atoms with Gasteiger partial charge < -0.3 is 0 Å². The van der Waals surface area contributed by atoms with E-state index in [0.717, 1.165) is 5.56 Å². The number of rotatable bonds is 7. The molecule has 0 aromatic heterocycles. The number of Topliss-reactive ketones (excluding diaryl/α,β-unsaturated/α-hetero) is 1. The highest BCUT2D eigenvalue weighted by molar-refractivity contribution is 5.94. The largest absolute Gasteiger partial charge is 0.295 e. The van der Waals surface area contributed by atoms with Crippen LogP contribution in [0.25, 0.3) is 11.1 Å². The highest BCUT2D eigenvalue weighted by atomic mass is 19.1. The Hall–Kier alpha value is -1.96. The van der Waals surface area contributed by atoms with E-state index in [-0.39, 0.29) is 17.0 Å². The zero-order chi connectivity index (χ0) is 19.3. The Labute approximate surface area is 163 Å². The predicted molar refractivity (Wildman–Crippen MR) is 111 cm³/mol. The molecule has 0 spiro atoms. The zero-order valence-electron chi connectivity index (χ0n) is 16.7. The van der Waals surface area contributed by atoms with Gasteiger partial charge >= 0.3 is 0 Å². The summed E-state index contributed by atoms with van der Waals surface area (Å²) in [5, 5.41) is 0. The quantitative estimate of drug-likeness (QED) is 0.367. The van der Waals surface area contributed by atoms with Gasteiger partial charge in [0.1, 0.15) is 5.82 Å². The number of hydrogen-bond acceptors (Lipinski definition) is 1. The minimum Gasteiger partial charge on any atom is -0.295 e. The van der Waals surface area contributed by atoms with Crippen molar-refractivity contribution in [3.63, 3.8) is 0 Å². The summed E-state index contributed by atoms with van der Waals surface area (Å²) in [6.45, 7) is 3.78. The number of ketones is 1. The summed E-state index contributed by atoms with van der Waals surface area (Å²) < 4.78 is 15.0. The molecule has 0 radical (unpaired) electrons. The van der Waals surface area contributed by atoms with E-state index in [1.54, 1.807) is 25.1 Å². The Bertz CT molecular complexity index is 769. The second-order valence-corrected chi connectivity index (χ2v) is 8.13. The van der Waals surface area contributed by atoms with Crippen LogP contribution in [0.1, 0.15) is 87.6 Å². The first-order valence-electron chi connectivity index (χ1n) is 10.5. The maximum absolute atomic E-state index is 15.0. The van der Waals surface area contributed by atoms with Crippen molar-refractivity contribution in [2.45, 2.75) is 77.0 Å². The molecule has 0 heterocycles. The lowest BCUT2D eigenvalue weighted by Crippen LogP contribution is -2.29. The molecule has 1 aliphatic rings. The van der Waals surface area contributed by atoms with Gasteiger partial charge in [-0.1, -0.05) is 81.8 Å². The number of unbranched alkanes of at least 4 members (excludes halogenated alkanes) is 2. The standard InChI is InChI=1S/C25H31FO/c1-3-4-6-15-25(16-7-5-8-17-25)22-13-14-23(24(26)18-22)21-11-9-20(10-12-21)19(2)27/h9-14,18H,3-8,15-17H2,1-2H3. The molecular weight excluding hydrogens is 335 g/mol. The lowest BCUT2D eigenvalue weighted by atomic mass is 9.66. The van der Waals surface area contributed by atoms with Crippen LogP contribution in [-0.2, 0) is 5.41 Å². The van der Waals surface area contributed by atoms with Crippen LogP contribution >= 0.6 is 0 Å². The van der Waals surface area contributed by atoms with Crippen molar-refractivity contribution >= 4 is 5.78 Å². The number of hydrogen-bond donors (Lipinski definition) is 0. The molecule has 0 atom stereocenters. The van der Waals surface area contributed by atoms with E-state index in [1.165, 1.54) is 63.4 Å². The number of halogens is 1. The molecule has 0 amide bonds. The lowest BCUT2D eigenvalue weighted by molar-refractivity contribution is 0.101. The second kappa shape index (κ2) is 8.82. The monoisotopic (exact) mass is 366 g/mol. The molecule has 1 fully saturated rings. The van der Waals surface area contributed by atoms with Crippen molar-refractivity contribution < 1.29 is 9.18 Å². The van der Waals surface area contributed by atoms with Crippen molar-refractivity contribution in [3.05, 3.63) is 59.4 Å². The first-order chi connectivity index (χ1) is 13.1. The lowest BCUT2D eigenvalue weighted by Gasteiger charge is -2.38. The number of carbonyl (C=O) groups excluding carboxylic acids is 1. The summed E-state index contributed by atoms with van der Waals surface area (Å²) in [5.41, 5.74) is 3.44. The smallest absolute Gasteiger partial charge is 0.159 e. The fraction of sp³-hybridized carbons (Fsp3) is 0.480. The third-order valence-electron chi connectivity index (χ3n) is 6.25. The average Bonchev–Trinajstić information content (AvgIpc) is 2.69. The van der Waals surface area contributed by atoms with Crippen molar-refractivity contribution in [3.8, 4) is 11.1 Å². The molecule has 1 saturated carbocycles. The van der Waals surface area contributed by atoms with E-state index in [9.17, 15) is 4.79 Å². The normalized spacial score (nSPS) is 16.3. The summed E-state index contributed by atoms with van der Waals surface area (Å²) in [7, 11) is 0. The van der Waals surface area contributed by atoms with Gasteiger partial charge in [-0.3, -0.25) is 4.79 Å². The fourth-order valence-corrected chi connectivity index (χ4v) is 4.59. The molecule has 27 heavy (non-hydrogen) atoms. The molecule has 1 nitrogen and oxygen atoms in total. The van der Waals surface area contributed by atoms with Gasteiger partial charge in [-0.2, -0.15) is 0 Å². The van der Waals surface area contributed by atoms with E-state index in [1.807, 2.05) is 18.2 Å². The molecule has 3 rings (SSSR count). The van der Waals surface area contributed by atoms with Crippen LogP contribution < -0.4 is 0 Å². The van der Waals surface area contributed by atoms with Gasteiger partial charge in [-0.05, 0) is 48.8 Å². The molecule has 0 N–H and O–H groups in total. The summed E-state index contributed by atoms with van der Waals surface area (Å²) >= 11 is 0.